The number of nitrogens with one attached hydrogen (secondary N) is 2. The first-order valence-electron chi connectivity index (χ1n) is 19.9. The van der Waals surface area contributed by atoms with E-state index in [1.54, 1.807) is 74.5 Å². The predicted molar refractivity (Wildman–Crippen MR) is 236 cm³/mol. The number of carbonyl (C=O) groups is 3. The Morgan fingerprint density at radius 1 is 0.641 bits per heavy atom. The Balaban J connectivity index is 1.13. The summed E-state index contributed by atoms with van der Waals surface area (Å²) in [6.07, 6.45) is -0.353. The molecule has 0 aliphatic rings. The number of anilines is 2. The molecule has 0 bridgehead atoms. The van der Waals surface area contributed by atoms with E-state index >= 15 is 0 Å². The van der Waals surface area contributed by atoms with Crippen molar-refractivity contribution in [3.63, 3.8) is 0 Å². The topological polar surface area (TPSA) is 315 Å². The molecular formula is C39H48N14O9S2. The average molecular weight is 921 g/mol. The molecule has 0 aliphatic heterocycles. The lowest BCUT2D eigenvalue weighted by Gasteiger charge is -2.18. The minimum atomic E-state index is -3.47. The fourth-order valence-electron chi connectivity index (χ4n) is 6.63. The largest absolute Gasteiger partial charge is 0.508 e. The van der Waals surface area contributed by atoms with E-state index in [4.69, 9.17) is 30.5 Å². The molecule has 0 aliphatic carbocycles. The number of amides is 2. The van der Waals surface area contributed by atoms with Gasteiger partial charge in [0.2, 0.25) is 10.3 Å². The molecule has 0 fully saturated rings. The van der Waals surface area contributed by atoms with E-state index in [0.717, 1.165) is 18.9 Å². The van der Waals surface area contributed by atoms with Gasteiger partial charge in [-0.15, -0.1) is 0 Å². The second-order valence-corrected chi connectivity index (χ2v) is 18.9. The lowest BCUT2D eigenvalue weighted by atomic mass is 10.2. The van der Waals surface area contributed by atoms with Crippen LogP contribution in [0.15, 0.2) is 80.6 Å². The molecule has 25 heteroatoms. The fraction of sp³-hybridized carbons (Fsp3) is 0.359. The van der Waals surface area contributed by atoms with E-state index in [-0.39, 0.29) is 95.2 Å². The van der Waals surface area contributed by atoms with Gasteiger partial charge in [-0.3, -0.25) is 9.13 Å². The zero-order chi connectivity index (χ0) is 46.5. The molecule has 6 aromatic rings. The van der Waals surface area contributed by atoms with Gasteiger partial charge < -0.3 is 30.7 Å². The van der Waals surface area contributed by atoms with Gasteiger partial charge in [-0.2, -0.15) is 9.97 Å². The number of nitrogens with two attached hydrogens (primary N) is 2. The molecule has 0 saturated heterocycles. The van der Waals surface area contributed by atoms with Gasteiger partial charge in [0.25, 0.3) is 0 Å². The number of nitrogens with zero attached hydrogens (tertiary/aromatic N) is 10. The van der Waals surface area contributed by atoms with E-state index in [1.807, 2.05) is 0 Å². The van der Waals surface area contributed by atoms with Crippen LogP contribution < -0.4 is 22.8 Å². The van der Waals surface area contributed by atoms with Crippen LogP contribution in [0.3, 0.4) is 0 Å². The number of imidazole rings is 2. The van der Waals surface area contributed by atoms with Crippen molar-refractivity contribution in [3.8, 4) is 0 Å². The second-order valence-electron chi connectivity index (χ2n) is 14.6. The van der Waals surface area contributed by atoms with Gasteiger partial charge in [-0.25, -0.2) is 61.1 Å². The molecule has 2 atom stereocenters. The van der Waals surface area contributed by atoms with Gasteiger partial charge >= 0.3 is 29.6 Å². The molecule has 0 radical (unpaired) electrons. The summed E-state index contributed by atoms with van der Waals surface area (Å²) in [5.41, 5.74) is 11.8. The number of hydrogen-bond acceptors (Lipinski definition) is 17. The maximum atomic E-state index is 13.9. The number of hydrogen-bond donors (Lipinski definition) is 4. The Hall–Kier alpha value is -7.15. The van der Waals surface area contributed by atoms with Gasteiger partial charge in [0.1, 0.15) is 43.7 Å². The zero-order valence-corrected chi connectivity index (χ0v) is 37.1. The fourth-order valence-corrected chi connectivity index (χ4v) is 9.10. The van der Waals surface area contributed by atoms with Crippen LogP contribution in [0.2, 0.25) is 0 Å². The predicted octanol–water partition coefficient (Wildman–Crippen LogP) is 3.04. The first-order chi connectivity index (χ1) is 30.4. The van der Waals surface area contributed by atoms with Crippen LogP contribution in [-0.2, 0) is 42.0 Å². The molecule has 64 heavy (non-hydrogen) atoms. The summed E-state index contributed by atoms with van der Waals surface area (Å²) >= 11 is 0. The quantitative estimate of drug-likeness (QED) is 0.0801. The molecule has 2 aromatic carbocycles. The highest BCUT2D eigenvalue weighted by Gasteiger charge is 2.29. The molecule has 0 saturated carbocycles. The minimum absolute atomic E-state index is 0.0356. The van der Waals surface area contributed by atoms with Crippen molar-refractivity contribution < 1.29 is 32.3 Å². The van der Waals surface area contributed by atoms with Crippen LogP contribution in [0.4, 0.5) is 26.0 Å². The average Bonchev–Trinajstić information content (AvgIpc) is 3.70. The van der Waals surface area contributed by atoms with E-state index in [0.29, 0.717) is 24.0 Å². The smallest absolute Gasteiger partial charge is 0.432 e. The van der Waals surface area contributed by atoms with E-state index in [2.05, 4.69) is 19.9 Å². The molecule has 6 rings (SSSR count). The summed E-state index contributed by atoms with van der Waals surface area (Å²) in [5.74, 6) is -0.756. The van der Waals surface area contributed by atoms with Gasteiger partial charge in [0.15, 0.2) is 22.9 Å². The van der Waals surface area contributed by atoms with Crippen molar-refractivity contribution in [2.45, 2.75) is 50.1 Å². The van der Waals surface area contributed by atoms with E-state index < -0.39 is 49.1 Å². The van der Waals surface area contributed by atoms with E-state index in [9.17, 15) is 32.4 Å². The molecular weight excluding hydrogens is 873 g/mol. The van der Waals surface area contributed by atoms with Gasteiger partial charge in [0, 0.05) is 25.6 Å². The van der Waals surface area contributed by atoms with Crippen molar-refractivity contribution in [1.82, 2.24) is 48.0 Å². The van der Waals surface area contributed by atoms with Crippen molar-refractivity contribution in [1.29, 1.82) is 9.56 Å². The van der Waals surface area contributed by atoms with Crippen molar-refractivity contribution in [2.24, 2.45) is 0 Å². The van der Waals surface area contributed by atoms with Crippen LogP contribution >= 0.6 is 0 Å². The summed E-state index contributed by atoms with van der Waals surface area (Å²) in [6, 6.07) is 15.9. The molecule has 4 aromatic heterocycles. The first kappa shape index (κ1) is 46.4. The van der Waals surface area contributed by atoms with Crippen LogP contribution in [0.1, 0.15) is 37.8 Å². The zero-order valence-electron chi connectivity index (χ0n) is 35.5. The van der Waals surface area contributed by atoms with Crippen LogP contribution in [0, 0.1) is 9.56 Å². The summed E-state index contributed by atoms with van der Waals surface area (Å²) < 4.78 is 57.2. The van der Waals surface area contributed by atoms with Crippen LogP contribution in [-0.4, -0.2) is 127 Å². The lowest BCUT2D eigenvalue weighted by molar-refractivity contribution is 0.0480. The van der Waals surface area contributed by atoms with Gasteiger partial charge in [0.05, 0.1) is 26.2 Å². The third-order valence-corrected chi connectivity index (χ3v) is 13.3. The number of likely N-dealkylation sites (N-methyl/N-ethyl adjacent to an activating group) is 2. The third kappa shape index (κ3) is 9.58. The Morgan fingerprint density at radius 2 is 1.00 bits per heavy atom. The maximum Gasteiger partial charge on any atom is 0.508 e. The summed E-state index contributed by atoms with van der Waals surface area (Å²) in [7, 11) is -4.24. The minimum Gasteiger partial charge on any atom is -0.432 e. The number of carbonyl (C=O) groups excluding carboxylic acids is 3. The van der Waals surface area contributed by atoms with Crippen molar-refractivity contribution >= 4 is 71.6 Å². The monoisotopic (exact) mass is 920 g/mol. The molecule has 340 valence electrons. The normalized spacial score (nSPS) is 13.3. The molecule has 6 N–H and O–H groups in total. The second kappa shape index (κ2) is 19.1. The molecule has 23 nitrogen and oxygen atoms in total. The highest BCUT2D eigenvalue weighted by atomic mass is 32.2. The maximum absolute atomic E-state index is 13.9. The Kier molecular flexibility index (Phi) is 13.8. The standard InChI is InChI=1S/C39H48N14O9S2/c1-5-21-63(42,59)33-44-29(40)27-31(46-33)50(23-25-13-9-7-10-14-25)37(56)52(27)35(54)48(3)17-19-61-39(58)62-20-18-49(4)36(55)53-28-30(41)45-34(64(43,60)22-6-2)47-32(28)51(38(53)57)24-26-15-11-8-12-16-26/h7-16,42-43H,5-6,17-24H2,1-4H3,(H2,40,44,46)(H2,41,45,47). The summed E-state index contributed by atoms with van der Waals surface area (Å²) in [5, 5.41) is -0.720. The van der Waals surface area contributed by atoms with Crippen LogP contribution in [0.25, 0.3) is 22.3 Å². The van der Waals surface area contributed by atoms with Crippen LogP contribution in [0.5, 0.6) is 0 Å². The van der Waals surface area contributed by atoms with Gasteiger partial charge in [-0.1, -0.05) is 74.5 Å². The number of nitrogen functional groups attached to an aromatic ring is 2. The number of ether oxygens (including phenoxy) is 2. The number of rotatable bonds is 16. The Labute approximate surface area is 366 Å². The third-order valence-electron chi connectivity index (χ3n) is 9.82. The molecule has 4 heterocycles. The molecule has 2 amide bonds. The highest BCUT2D eigenvalue weighted by Crippen LogP contribution is 2.24. The number of fused-ring (bicyclic) bond motifs is 2. The molecule has 0 spiro atoms. The Morgan fingerprint density at radius 3 is 1.34 bits per heavy atom. The summed E-state index contributed by atoms with van der Waals surface area (Å²) in [6.45, 7) is 2.19. The van der Waals surface area contributed by atoms with E-state index in [1.165, 1.54) is 23.2 Å². The van der Waals surface area contributed by atoms with Crippen molar-refractivity contribution in [3.05, 3.63) is 92.8 Å². The SMILES string of the molecule is CCCS(=N)(=O)c1nc(N)c2c(n1)n(Cc1ccccc1)c(=O)n2C(=O)N(C)CCOC(=O)OCCN(C)C(=O)n1c(=O)n(Cc2ccccc2)c2nc(S(=N)(=O)CCC)nc(N)c21. The Bertz CT molecular complexity index is 2870. The summed E-state index contributed by atoms with van der Waals surface area (Å²) in [4.78, 5) is 86.9. The van der Waals surface area contributed by atoms with Crippen molar-refractivity contribution in [2.75, 3.05) is 63.4 Å². The highest BCUT2D eigenvalue weighted by molar-refractivity contribution is 7.92. The molecule has 2 unspecified atom stereocenters. The lowest BCUT2D eigenvalue weighted by Crippen LogP contribution is -2.40. The first-order valence-corrected chi connectivity index (χ1v) is 23.3. The number of aromatic nitrogens is 8. The van der Waals surface area contributed by atoms with Gasteiger partial charge in [-0.05, 0) is 24.0 Å². The number of benzene rings is 2.